The summed E-state index contributed by atoms with van der Waals surface area (Å²) in [6.07, 6.45) is 10.0. The van der Waals surface area contributed by atoms with Crippen LogP contribution in [0, 0.1) is 82.7 Å². The molecule has 4 radical (unpaired) electrons. The van der Waals surface area contributed by atoms with E-state index in [1.807, 2.05) is 177 Å². The maximum absolute atomic E-state index is 9.16. The summed E-state index contributed by atoms with van der Waals surface area (Å²) in [4.78, 5) is 33.5. The van der Waals surface area contributed by atoms with Crippen molar-refractivity contribution in [3.05, 3.63) is 241 Å². The normalized spacial score (nSPS) is 10.4. The van der Waals surface area contributed by atoms with E-state index in [0.29, 0.717) is 57.9 Å². The van der Waals surface area contributed by atoms with E-state index in [1.54, 1.807) is 58.4 Å². The number of hydrogen-bond acceptors (Lipinski definition) is 10. The molecular formula is C68H40Ir4N20-4. The Morgan fingerprint density at radius 3 is 1.12 bits per heavy atom. The van der Waals surface area contributed by atoms with Crippen LogP contribution in [-0.4, -0.2) is 66.4 Å². The van der Waals surface area contributed by atoms with Crippen LogP contribution < -0.4 is 0 Å². The Bertz CT molecular complexity index is 5420. The van der Waals surface area contributed by atoms with Crippen LogP contribution in [-0.2, 0) is 109 Å². The third kappa shape index (κ3) is 11.3. The molecule has 0 bridgehead atoms. The second-order valence-corrected chi connectivity index (χ2v) is 20.0. The van der Waals surface area contributed by atoms with Gasteiger partial charge in [0.15, 0.2) is 22.8 Å². The van der Waals surface area contributed by atoms with Crippen molar-refractivity contribution >= 4 is 98.9 Å². The molecule has 0 fully saturated rings. The number of fused-ring (bicyclic) bond motifs is 12. The van der Waals surface area contributed by atoms with Crippen LogP contribution in [0.4, 0.5) is 11.4 Å². The minimum absolute atomic E-state index is 0. The first-order valence-corrected chi connectivity index (χ1v) is 27.0. The second-order valence-electron chi connectivity index (χ2n) is 20.0. The van der Waals surface area contributed by atoms with Gasteiger partial charge in [0.05, 0.1) is 25.5 Å². The fourth-order valence-electron chi connectivity index (χ4n) is 11.0. The molecular weight excluding hydrogens is 1870 g/mol. The summed E-state index contributed by atoms with van der Waals surface area (Å²) in [5, 5.41) is 44.6. The molecule has 0 N–H and O–H groups in total. The van der Waals surface area contributed by atoms with Crippen LogP contribution in [0.5, 0.6) is 0 Å². The zero-order valence-corrected chi connectivity index (χ0v) is 58.0. The molecule has 0 atom stereocenters. The number of pyridine rings is 2. The first kappa shape index (κ1) is 65.6. The van der Waals surface area contributed by atoms with E-state index in [2.05, 4.69) is 88.1 Å². The maximum Gasteiger partial charge on any atom is 0.215 e. The monoisotopic (exact) mass is 1910 g/mol. The molecule has 0 spiro atoms. The standard InChI is InChI=1S/2C18H10N5.2C16H10N5.4Ir/c1-20-12-7-8-17-15(9-12)14-5-3-4-6-16(14)23(17)18-21-13(10-19)11-22(18)2;1-20-12-7-8-17-15(9-12)14-5-3-4-6-16(14)23(17)18-21-11-13(10-19)22(18)2;1-20-10-11(9-17)19-16(20)21-14-7-3-2-5-12(14)13-6-4-8-18-15(13)21;1-20-11(9-17)10-19-16(20)21-14-7-3-2-5-12(14)13-6-4-8-18-15(13)21;;;;/h2*3-5,7-9,11H,2H3;2*2-6,8,10H,1H3;;;;/q4*-1;;;;. The van der Waals surface area contributed by atoms with Gasteiger partial charge in [0.2, 0.25) is 23.8 Å². The molecule has 452 valence electrons. The number of aryl methyl sites for hydroxylation is 2. The molecule has 6 aromatic carbocycles. The zero-order chi connectivity index (χ0) is 60.7. The van der Waals surface area contributed by atoms with Crippen molar-refractivity contribution in [2.45, 2.75) is 0 Å². The molecule has 10 heterocycles. The molecule has 0 unspecified atom stereocenters. The third-order valence-electron chi connectivity index (χ3n) is 15.0. The summed E-state index contributed by atoms with van der Waals surface area (Å²) in [6, 6.07) is 63.7. The molecule has 20 nitrogen and oxygen atoms in total. The summed E-state index contributed by atoms with van der Waals surface area (Å²) >= 11 is 0. The van der Waals surface area contributed by atoms with E-state index in [4.69, 9.17) is 34.2 Å². The van der Waals surface area contributed by atoms with E-state index in [9.17, 15) is 0 Å². The number of benzene rings is 6. The van der Waals surface area contributed by atoms with Crippen molar-refractivity contribution < 1.29 is 80.4 Å². The van der Waals surface area contributed by atoms with Gasteiger partial charge < -0.3 is 27.4 Å². The van der Waals surface area contributed by atoms with E-state index in [0.717, 1.165) is 87.5 Å². The molecule has 0 aliphatic heterocycles. The summed E-state index contributed by atoms with van der Waals surface area (Å²) in [5.41, 5.74) is 10.0. The molecule has 0 saturated carbocycles. The molecule has 0 aliphatic rings. The summed E-state index contributed by atoms with van der Waals surface area (Å²) in [5.74, 6) is 2.62. The summed E-state index contributed by atoms with van der Waals surface area (Å²) in [6.45, 7) is 14.4. The fourth-order valence-corrected chi connectivity index (χ4v) is 11.0. The van der Waals surface area contributed by atoms with Crippen molar-refractivity contribution in [3.8, 4) is 48.1 Å². The average molecular weight is 1910 g/mol. The van der Waals surface area contributed by atoms with Crippen molar-refractivity contribution in [3.63, 3.8) is 0 Å². The molecule has 0 saturated heterocycles. The van der Waals surface area contributed by atoms with Crippen molar-refractivity contribution in [1.29, 1.82) is 21.0 Å². The number of rotatable bonds is 4. The minimum atomic E-state index is 0. The molecule has 92 heavy (non-hydrogen) atoms. The number of hydrogen-bond donors (Lipinski definition) is 0. The smallest absolute Gasteiger partial charge is 0.215 e. The van der Waals surface area contributed by atoms with Gasteiger partial charge in [0, 0.05) is 144 Å². The topological polar surface area (TPSA) is 221 Å². The van der Waals surface area contributed by atoms with Crippen LogP contribution in [0.15, 0.2) is 171 Å². The Hall–Kier alpha value is -10.8. The van der Waals surface area contributed by atoms with E-state index in [1.165, 1.54) is 0 Å². The second kappa shape index (κ2) is 27.5. The van der Waals surface area contributed by atoms with Gasteiger partial charge >= 0.3 is 0 Å². The van der Waals surface area contributed by atoms with Crippen LogP contribution >= 0.6 is 0 Å². The molecule has 0 aliphatic carbocycles. The number of aromatic nitrogens is 14. The van der Waals surface area contributed by atoms with Crippen molar-refractivity contribution in [2.24, 2.45) is 28.2 Å². The molecule has 16 rings (SSSR count). The third-order valence-corrected chi connectivity index (χ3v) is 15.0. The van der Waals surface area contributed by atoms with Crippen molar-refractivity contribution in [1.82, 2.24) is 66.4 Å². The number of nitrogens with zero attached hydrogens (tertiary/aromatic N) is 20. The van der Waals surface area contributed by atoms with Gasteiger partial charge in [-0.2, -0.15) is 118 Å². The van der Waals surface area contributed by atoms with Crippen LogP contribution in [0.3, 0.4) is 0 Å². The van der Waals surface area contributed by atoms with Crippen LogP contribution in [0.1, 0.15) is 22.8 Å². The molecule has 10 aromatic heterocycles. The predicted octanol–water partition coefficient (Wildman–Crippen LogP) is 12.6. The van der Waals surface area contributed by atoms with Gasteiger partial charge in [-0.15, -0.1) is 21.5 Å². The van der Waals surface area contributed by atoms with Crippen molar-refractivity contribution in [2.75, 3.05) is 0 Å². The van der Waals surface area contributed by atoms with Crippen LogP contribution in [0.2, 0.25) is 0 Å². The average Bonchev–Trinajstić information content (AvgIpc) is 1.63. The first-order valence-electron chi connectivity index (χ1n) is 27.0. The zero-order valence-electron chi connectivity index (χ0n) is 48.4. The minimum Gasteiger partial charge on any atom is -0.318 e. The van der Waals surface area contributed by atoms with Gasteiger partial charge in [-0.05, 0) is 35.0 Å². The number of imidazole rings is 4. The fraction of sp³-hybridized carbons (Fsp3) is 0.0588. The van der Waals surface area contributed by atoms with Gasteiger partial charge in [-0.25, -0.2) is 39.6 Å². The maximum atomic E-state index is 9.16. The molecule has 24 heteroatoms. The van der Waals surface area contributed by atoms with Gasteiger partial charge in [0.25, 0.3) is 0 Å². The molecule has 0 amide bonds. The molecule has 16 aromatic rings. The quantitative estimate of drug-likeness (QED) is 0.152. The summed E-state index contributed by atoms with van der Waals surface area (Å²) in [7, 11) is 7.36. The number of nitriles is 4. The summed E-state index contributed by atoms with van der Waals surface area (Å²) < 4.78 is 15.0. The van der Waals surface area contributed by atoms with E-state index < -0.39 is 0 Å². The van der Waals surface area contributed by atoms with Crippen LogP contribution in [0.25, 0.3) is 121 Å². The predicted molar refractivity (Wildman–Crippen MR) is 333 cm³/mol. The van der Waals surface area contributed by atoms with E-state index >= 15 is 0 Å². The van der Waals surface area contributed by atoms with Gasteiger partial charge in [0.1, 0.15) is 47.0 Å². The Balaban J connectivity index is 0.000000143. The van der Waals surface area contributed by atoms with Gasteiger partial charge in [-0.3, -0.25) is 9.13 Å². The largest absolute Gasteiger partial charge is 0.318 e. The Labute approximate surface area is 578 Å². The van der Waals surface area contributed by atoms with Gasteiger partial charge in [-0.1, -0.05) is 69.2 Å². The Morgan fingerprint density at radius 2 is 0.750 bits per heavy atom. The SMILES string of the molecule is Cn1c(C#N)cnc1-n1c2[c-]cccc2c2cccnc21.Cn1cc(C#N)nc1-n1c2[c-]cccc2c2cccnc21.[C-]#[N+]c1ccc2c(c1)c1ccc[c-]c1n2-c1nc(C#N)cn1C.[C-]#[N+]c1ccc2c(c1)c1ccc[c-]c1n2-c1ncc(C#N)n1C.[Ir].[Ir].[Ir].[Ir]. The van der Waals surface area contributed by atoms with E-state index in [-0.39, 0.29) is 80.4 Å². The Kier molecular flexibility index (Phi) is 19.6. The number of para-hydroxylation sites is 4. The Morgan fingerprint density at radius 1 is 0.402 bits per heavy atom. The first-order chi connectivity index (χ1) is 43.1.